The number of carbonyl (C=O) groups is 3. The van der Waals surface area contributed by atoms with Gasteiger partial charge in [-0.3, -0.25) is 4.79 Å². The Morgan fingerprint density at radius 1 is 0.955 bits per heavy atom. The van der Waals surface area contributed by atoms with E-state index in [4.69, 9.17) is 9.84 Å². The third kappa shape index (κ3) is 3.92. The van der Waals surface area contributed by atoms with Gasteiger partial charge in [0, 0.05) is 0 Å². The van der Waals surface area contributed by atoms with E-state index >= 15 is 0 Å². The van der Waals surface area contributed by atoms with Gasteiger partial charge in [-0.25, -0.2) is 9.59 Å². The number of benzene rings is 2. The molecule has 6 heteroatoms. The first-order valence-corrected chi connectivity index (χ1v) is 6.42. The lowest BCUT2D eigenvalue weighted by atomic mass is 10.2. The summed E-state index contributed by atoms with van der Waals surface area (Å²) in [4.78, 5) is 34.4. The Hall–Kier alpha value is -3.15. The highest BCUT2D eigenvalue weighted by molar-refractivity contribution is 6.01. The molecule has 1 amide bonds. The van der Waals surface area contributed by atoms with Crippen molar-refractivity contribution in [2.24, 2.45) is 0 Å². The van der Waals surface area contributed by atoms with E-state index in [9.17, 15) is 14.4 Å². The van der Waals surface area contributed by atoms with Crippen LogP contribution < -0.4 is 5.32 Å². The second kappa shape index (κ2) is 7.03. The molecule has 0 spiro atoms. The van der Waals surface area contributed by atoms with Crippen LogP contribution in [-0.4, -0.2) is 29.6 Å². The van der Waals surface area contributed by atoms with E-state index in [2.05, 4.69) is 5.32 Å². The maximum atomic E-state index is 11.7. The van der Waals surface area contributed by atoms with Gasteiger partial charge >= 0.3 is 11.9 Å². The van der Waals surface area contributed by atoms with Gasteiger partial charge in [0.15, 0.2) is 6.61 Å². The van der Waals surface area contributed by atoms with Gasteiger partial charge in [0.05, 0.1) is 16.8 Å². The van der Waals surface area contributed by atoms with Crippen LogP contribution in [0.2, 0.25) is 0 Å². The fourth-order valence-electron chi connectivity index (χ4n) is 1.75. The quantitative estimate of drug-likeness (QED) is 0.825. The molecule has 0 aliphatic heterocycles. The molecule has 2 aromatic rings. The van der Waals surface area contributed by atoms with Gasteiger partial charge in [0.2, 0.25) is 0 Å². The standard InChI is InChI=1S/C16H13NO5/c18-14(10-22-16(21)11-6-2-1-3-7-11)17-13-9-5-4-8-12(13)15(19)20/h1-9H,10H2,(H,17,18)(H,19,20). The molecule has 2 N–H and O–H groups in total. The molecular formula is C16H13NO5. The number of esters is 1. The summed E-state index contributed by atoms with van der Waals surface area (Å²) in [6.07, 6.45) is 0. The second-order valence-electron chi connectivity index (χ2n) is 4.34. The van der Waals surface area contributed by atoms with E-state index in [0.29, 0.717) is 5.56 Å². The number of aromatic carboxylic acids is 1. The van der Waals surface area contributed by atoms with Crippen LogP contribution in [0, 0.1) is 0 Å². The Morgan fingerprint density at radius 2 is 1.59 bits per heavy atom. The summed E-state index contributed by atoms with van der Waals surface area (Å²) < 4.78 is 4.86. The summed E-state index contributed by atoms with van der Waals surface area (Å²) in [6.45, 7) is -0.498. The number of para-hydroxylation sites is 1. The van der Waals surface area contributed by atoms with Crippen LogP contribution >= 0.6 is 0 Å². The molecule has 2 aromatic carbocycles. The summed E-state index contributed by atoms with van der Waals surface area (Å²) in [5, 5.41) is 11.4. The first-order chi connectivity index (χ1) is 10.6. The minimum Gasteiger partial charge on any atom is -0.478 e. The van der Waals surface area contributed by atoms with Crippen molar-refractivity contribution >= 4 is 23.5 Å². The molecule has 22 heavy (non-hydrogen) atoms. The number of rotatable bonds is 5. The molecule has 0 saturated carbocycles. The molecule has 0 bridgehead atoms. The molecule has 0 aromatic heterocycles. The fourth-order valence-corrected chi connectivity index (χ4v) is 1.75. The van der Waals surface area contributed by atoms with Gasteiger partial charge in [-0.1, -0.05) is 30.3 Å². The summed E-state index contributed by atoms with van der Waals surface area (Å²) in [5.74, 6) is -2.39. The van der Waals surface area contributed by atoms with Crippen molar-refractivity contribution in [1.29, 1.82) is 0 Å². The van der Waals surface area contributed by atoms with Crippen molar-refractivity contribution in [3.05, 3.63) is 65.7 Å². The molecular weight excluding hydrogens is 286 g/mol. The maximum Gasteiger partial charge on any atom is 0.338 e. The average Bonchev–Trinajstić information content (AvgIpc) is 2.53. The van der Waals surface area contributed by atoms with Crippen molar-refractivity contribution in [1.82, 2.24) is 0 Å². The topological polar surface area (TPSA) is 92.7 Å². The first-order valence-electron chi connectivity index (χ1n) is 6.42. The van der Waals surface area contributed by atoms with Gasteiger partial charge in [0.1, 0.15) is 0 Å². The molecule has 0 fully saturated rings. The van der Waals surface area contributed by atoms with Crippen LogP contribution in [0.25, 0.3) is 0 Å². The number of carboxylic acids is 1. The molecule has 0 aliphatic rings. The first kappa shape index (κ1) is 15.2. The molecule has 2 rings (SSSR count). The monoisotopic (exact) mass is 299 g/mol. The molecule has 0 saturated heterocycles. The number of nitrogens with one attached hydrogen (secondary N) is 1. The van der Waals surface area contributed by atoms with Crippen molar-refractivity contribution < 1.29 is 24.2 Å². The Morgan fingerprint density at radius 3 is 2.27 bits per heavy atom. The summed E-state index contributed by atoms with van der Waals surface area (Å²) >= 11 is 0. The largest absolute Gasteiger partial charge is 0.478 e. The van der Waals surface area contributed by atoms with Gasteiger partial charge in [-0.05, 0) is 24.3 Å². The Labute approximate surface area is 126 Å². The lowest BCUT2D eigenvalue weighted by Gasteiger charge is -2.08. The number of hydrogen-bond donors (Lipinski definition) is 2. The third-order valence-corrected chi connectivity index (χ3v) is 2.78. The number of ether oxygens (including phenoxy) is 1. The number of anilines is 1. The Balaban J connectivity index is 1.94. The van der Waals surface area contributed by atoms with Crippen LogP contribution in [-0.2, 0) is 9.53 Å². The average molecular weight is 299 g/mol. The molecule has 0 unspecified atom stereocenters. The van der Waals surface area contributed by atoms with Gasteiger partial charge in [-0.15, -0.1) is 0 Å². The Kier molecular flexibility index (Phi) is 4.87. The van der Waals surface area contributed by atoms with Gasteiger partial charge in [-0.2, -0.15) is 0 Å². The van der Waals surface area contributed by atoms with Crippen molar-refractivity contribution in [2.75, 3.05) is 11.9 Å². The molecule has 0 atom stereocenters. The minimum absolute atomic E-state index is 0.0368. The highest BCUT2D eigenvalue weighted by Gasteiger charge is 2.13. The van der Waals surface area contributed by atoms with Crippen molar-refractivity contribution in [3.8, 4) is 0 Å². The molecule has 0 heterocycles. The maximum absolute atomic E-state index is 11.7. The van der Waals surface area contributed by atoms with Crippen LogP contribution in [0.5, 0.6) is 0 Å². The second-order valence-corrected chi connectivity index (χ2v) is 4.34. The van der Waals surface area contributed by atoms with E-state index in [1.165, 1.54) is 12.1 Å². The molecule has 112 valence electrons. The SMILES string of the molecule is O=C(COC(=O)c1ccccc1)Nc1ccccc1C(=O)O. The van der Waals surface area contributed by atoms with E-state index in [1.54, 1.807) is 42.5 Å². The summed E-state index contributed by atoms with van der Waals surface area (Å²) in [5.41, 5.74) is 0.447. The molecule has 0 aliphatic carbocycles. The predicted molar refractivity (Wildman–Crippen MR) is 78.8 cm³/mol. The Bertz CT molecular complexity index is 697. The van der Waals surface area contributed by atoms with Crippen molar-refractivity contribution in [2.45, 2.75) is 0 Å². The number of amides is 1. The van der Waals surface area contributed by atoms with Crippen molar-refractivity contribution in [3.63, 3.8) is 0 Å². The van der Waals surface area contributed by atoms with Gasteiger partial charge in [0.25, 0.3) is 5.91 Å². The van der Waals surface area contributed by atoms with Crippen LogP contribution in [0.3, 0.4) is 0 Å². The van der Waals surface area contributed by atoms with E-state index in [1.807, 2.05) is 0 Å². The van der Waals surface area contributed by atoms with Crippen LogP contribution in [0.15, 0.2) is 54.6 Å². The molecule has 0 radical (unpaired) electrons. The van der Waals surface area contributed by atoms with E-state index in [-0.39, 0.29) is 11.3 Å². The number of hydrogen-bond acceptors (Lipinski definition) is 4. The zero-order chi connectivity index (χ0) is 15.9. The lowest BCUT2D eigenvalue weighted by molar-refractivity contribution is -0.119. The van der Waals surface area contributed by atoms with E-state index in [0.717, 1.165) is 0 Å². The minimum atomic E-state index is -1.16. The zero-order valence-corrected chi connectivity index (χ0v) is 11.5. The summed E-state index contributed by atoms with van der Waals surface area (Å²) in [7, 11) is 0. The smallest absolute Gasteiger partial charge is 0.338 e. The number of carbonyl (C=O) groups excluding carboxylic acids is 2. The predicted octanol–water partition coefficient (Wildman–Crippen LogP) is 2.18. The fraction of sp³-hybridized carbons (Fsp3) is 0.0625. The summed E-state index contributed by atoms with van der Waals surface area (Å²) in [6, 6.07) is 14.2. The highest BCUT2D eigenvalue weighted by atomic mass is 16.5. The number of carboxylic acid groups (broad SMARTS) is 1. The zero-order valence-electron chi connectivity index (χ0n) is 11.5. The lowest BCUT2D eigenvalue weighted by Crippen LogP contribution is -2.22. The van der Waals surface area contributed by atoms with Gasteiger partial charge < -0.3 is 15.2 Å². The van der Waals surface area contributed by atoms with E-state index < -0.39 is 24.5 Å². The highest BCUT2D eigenvalue weighted by Crippen LogP contribution is 2.14. The van der Waals surface area contributed by atoms with Crippen LogP contribution in [0.1, 0.15) is 20.7 Å². The molecule has 6 nitrogen and oxygen atoms in total. The van der Waals surface area contributed by atoms with Crippen LogP contribution in [0.4, 0.5) is 5.69 Å². The normalized spacial score (nSPS) is 9.82. The third-order valence-electron chi connectivity index (χ3n) is 2.78.